The summed E-state index contributed by atoms with van der Waals surface area (Å²) in [5.74, 6) is -0.608. The van der Waals surface area contributed by atoms with E-state index in [9.17, 15) is 18.5 Å². The summed E-state index contributed by atoms with van der Waals surface area (Å²) in [6.45, 7) is 3.08. The average molecular weight is 385 g/mol. The van der Waals surface area contributed by atoms with E-state index >= 15 is 0 Å². The van der Waals surface area contributed by atoms with Crippen LogP contribution in [0.2, 0.25) is 0 Å². The molecule has 0 heterocycles. The van der Waals surface area contributed by atoms with Crippen LogP contribution in [0.1, 0.15) is 12.5 Å². The van der Waals surface area contributed by atoms with E-state index < -0.39 is 16.0 Å². The molecule has 0 radical (unpaired) electrons. The molecule has 0 aliphatic carbocycles. The molecule has 27 heavy (non-hydrogen) atoms. The SMILES string of the molecule is CCN(/C=C(/C#N)C(=O)Nc1ccc(S(=O)(=O)O)cc1)Cc1ccccc1. The molecular formula is C19H19N3O4S. The first-order valence-electron chi connectivity index (χ1n) is 8.12. The molecule has 0 aromatic heterocycles. The van der Waals surface area contributed by atoms with Gasteiger partial charge in [-0.2, -0.15) is 13.7 Å². The Labute approximate surface area is 158 Å². The second-order valence-electron chi connectivity index (χ2n) is 5.66. The Morgan fingerprint density at radius 3 is 2.33 bits per heavy atom. The average Bonchev–Trinajstić information content (AvgIpc) is 2.65. The smallest absolute Gasteiger partial charge is 0.294 e. The lowest BCUT2D eigenvalue weighted by atomic mass is 10.2. The molecule has 2 rings (SSSR count). The normalized spacial score (nSPS) is 11.5. The predicted octanol–water partition coefficient (Wildman–Crippen LogP) is 2.80. The molecule has 140 valence electrons. The summed E-state index contributed by atoms with van der Waals surface area (Å²) in [5, 5.41) is 11.8. The summed E-state index contributed by atoms with van der Waals surface area (Å²) >= 11 is 0. The topological polar surface area (TPSA) is 111 Å². The van der Waals surface area contributed by atoms with Crippen molar-refractivity contribution in [3.05, 3.63) is 71.9 Å². The highest BCUT2D eigenvalue weighted by atomic mass is 32.2. The Hall–Kier alpha value is -3.15. The fraction of sp³-hybridized carbons (Fsp3) is 0.158. The lowest BCUT2D eigenvalue weighted by molar-refractivity contribution is -0.112. The maximum Gasteiger partial charge on any atom is 0.294 e. The van der Waals surface area contributed by atoms with Gasteiger partial charge in [0.05, 0.1) is 4.90 Å². The Bertz CT molecular complexity index is 962. The molecule has 0 spiro atoms. The van der Waals surface area contributed by atoms with Crippen LogP contribution in [0.15, 0.2) is 71.3 Å². The van der Waals surface area contributed by atoms with Crippen molar-refractivity contribution >= 4 is 21.7 Å². The van der Waals surface area contributed by atoms with E-state index in [1.54, 1.807) is 0 Å². The van der Waals surface area contributed by atoms with Gasteiger partial charge < -0.3 is 10.2 Å². The standard InChI is InChI=1S/C19H19N3O4S/c1-2-22(13-15-6-4-3-5-7-15)14-16(12-20)19(23)21-17-8-10-18(11-9-17)27(24,25)26/h3-11,14H,2,13H2,1H3,(H,21,23)(H,24,25,26)/b16-14-. The van der Waals surface area contributed by atoms with Crippen LogP contribution in [-0.4, -0.2) is 30.3 Å². The summed E-state index contributed by atoms with van der Waals surface area (Å²) in [4.78, 5) is 13.9. The molecule has 2 N–H and O–H groups in total. The number of carbonyl (C=O) groups is 1. The number of hydrogen-bond acceptors (Lipinski definition) is 5. The van der Waals surface area contributed by atoms with Crippen molar-refractivity contribution in [2.24, 2.45) is 0 Å². The quantitative estimate of drug-likeness (QED) is 0.431. The van der Waals surface area contributed by atoms with Gasteiger partial charge in [0.1, 0.15) is 11.6 Å². The van der Waals surface area contributed by atoms with Crippen LogP contribution >= 0.6 is 0 Å². The lowest BCUT2D eigenvalue weighted by Crippen LogP contribution is -2.21. The van der Waals surface area contributed by atoms with Crippen molar-refractivity contribution in [2.45, 2.75) is 18.4 Å². The molecule has 0 fully saturated rings. The largest absolute Gasteiger partial charge is 0.372 e. The summed E-state index contributed by atoms with van der Waals surface area (Å²) < 4.78 is 31.0. The molecule has 0 unspecified atom stereocenters. The van der Waals surface area contributed by atoms with Gasteiger partial charge in [-0.1, -0.05) is 30.3 Å². The highest BCUT2D eigenvalue weighted by Crippen LogP contribution is 2.15. The first-order valence-corrected chi connectivity index (χ1v) is 9.56. The van der Waals surface area contributed by atoms with Gasteiger partial charge in [-0.05, 0) is 36.8 Å². The van der Waals surface area contributed by atoms with Gasteiger partial charge >= 0.3 is 0 Å². The van der Waals surface area contributed by atoms with Crippen molar-refractivity contribution in [3.8, 4) is 6.07 Å². The van der Waals surface area contributed by atoms with Crippen molar-refractivity contribution in [1.29, 1.82) is 5.26 Å². The van der Waals surface area contributed by atoms with Crippen molar-refractivity contribution in [1.82, 2.24) is 4.90 Å². The molecule has 8 heteroatoms. The summed E-state index contributed by atoms with van der Waals surface area (Å²) in [6, 6.07) is 16.5. The molecule has 2 aromatic carbocycles. The minimum absolute atomic E-state index is 0.0772. The number of amides is 1. The Morgan fingerprint density at radius 1 is 1.19 bits per heavy atom. The zero-order chi connectivity index (χ0) is 19.9. The van der Waals surface area contributed by atoms with Crippen molar-refractivity contribution in [3.63, 3.8) is 0 Å². The maximum absolute atomic E-state index is 12.3. The van der Waals surface area contributed by atoms with E-state index in [2.05, 4.69) is 5.32 Å². The molecule has 1 amide bonds. The van der Waals surface area contributed by atoms with Gasteiger partial charge in [-0.25, -0.2) is 0 Å². The van der Waals surface area contributed by atoms with Gasteiger partial charge in [-0.3, -0.25) is 9.35 Å². The van der Waals surface area contributed by atoms with E-state index in [4.69, 9.17) is 4.55 Å². The fourth-order valence-electron chi connectivity index (χ4n) is 2.30. The van der Waals surface area contributed by atoms with Crippen LogP contribution in [0.25, 0.3) is 0 Å². The molecular weight excluding hydrogens is 366 g/mol. The zero-order valence-electron chi connectivity index (χ0n) is 14.7. The zero-order valence-corrected chi connectivity index (χ0v) is 15.5. The number of rotatable bonds is 7. The predicted molar refractivity (Wildman–Crippen MR) is 101 cm³/mol. The highest BCUT2D eigenvalue weighted by molar-refractivity contribution is 7.85. The van der Waals surface area contributed by atoms with E-state index in [0.717, 1.165) is 17.7 Å². The Balaban J connectivity index is 2.12. The Kier molecular flexibility index (Phi) is 6.71. The van der Waals surface area contributed by atoms with Gasteiger partial charge in [0, 0.05) is 25.0 Å². The van der Waals surface area contributed by atoms with E-state index in [1.165, 1.54) is 18.3 Å². The summed E-state index contributed by atoms with van der Waals surface area (Å²) in [5.41, 5.74) is 1.28. The second-order valence-corrected chi connectivity index (χ2v) is 7.08. The summed E-state index contributed by atoms with van der Waals surface area (Å²) in [7, 11) is -4.30. The van der Waals surface area contributed by atoms with Crippen LogP contribution in [-0.2, 0) is 21.5 Å². The fourth-order valence-corrected chi connectivity index (χ4v) is 2.78. The van der Waals surface area contributed by atoms with Gasteiger partial charge in [0.15, 0.2) is 0 Å². The van der Waals surface area contributed by atoms with E-state index in [-0.39, 0.29) is 10.5 Å². The Morgan fingerprint density at radius 2 is 1.81 bits per heavy atom. The summed E-state index contributed by atoms with van der Waals surface area (Å²) in [6.07, 6.45) is 1.49. The number of nitriles is 1. The minimum Gasteiger partial charge on any atom is -0.372 e. The maximum atomic E-state index is 12.3. The third-order valence-electron chi connectivity index (χ3n) is 3.72. The van der Waals surface area contributed by atoms with Gasteiger partial charge in [-0.15, -0.1) is 0 Å². The molecule has 2 aromatic rings. The molecule has 0 atom stereocenters. The molecule has 0 bridgehead atoms. The molecule has 0 saturated heterocycles. The molecule has 7 nitrogen and oxygen atoms in total. The molecule has 0 saturated carbocycles. The minimum atomic E-state index is -4.30. The van der Waals surface area contributed by atoms with Crippen LogP contribution in [0, 0.1) is 11.3 Å². The molecule has 0 aliphatic heterocycles. The number of hydrogen-bond donors (Lipinski definition) is 2. The highest BCUT2D eigenvalue weighted by Gasteiger charge is 2.13. The number of anilines is 1. The van der Waals surface area contributed by atoms with E-state index in [1.807, 2.05) is 48.2 Å². The third kappa shape index (κ3) is 5.95. The molecule has 0 aliphatic rings. The first-order chi connectivity index (χ1) is 12.8. The van der Waals surface area contributed by atoms with Crippen LogP contribution in [0.4, 0.5) is 5.69 Å². The number of nitrogens with one attached hydrogen (secondary N) is 1. The van der Waals surface area contributed by atoms with Gasteiger partial charge in [0.2, 0.25) is 0 Å². The first kappa shape index (κ1) is 20.2. The van der Waals surface area contributed by atoms with Crippen LogP contribution < -0.4 is 5.32 Å². The number of benzene rings is 2. The lowest BCUT2D eigenvalue weighted by Gasteiger charge is -2.19. The van der Waals surface area contributed by atoms with Crippen LogP contribution in [0.5, 0.6) is 0 Å². The van der Waals surface area contributed by atoms with Gasteiger partial charge in [0.25, 0.3) is 16.0 Å². The van der Waals surface area contributed by atoms with Crippen LogP contribution in [0.3, 0.4) is 0 Å². The second kappa shape index (κ2) is 8.98. The number of nitrogens with zero attached hydrogens (tertiary/aromatic N) is 2. The third-order valence-corrected chi connectivity index (χ3v) is 4.59. The van der Waals surface area contributed by atoms with E-state index in [0.29, 0.717) is 18.8 Å². The monoisotopic (exact) mass is 385 g/mol. The number of carbonyl (C=O) groups excluding carboxylic acids is 1. The van der Waals surface area contributed by atoms with Crippen molar-refractivity contribution in [2.75, 3.05) is 11.9 Å². The van der Waals surface area contributed by atoms with Crippen molar-refractivity contribution < 1.29 is 17.8 Å².